The van der Waals surface area contributed by atoms with E-state index in [-0.39, 0.29) is 18.1 Å². The van der Waals surface area contributed by atoms with E-state index in [0.717, 1.165) is 17.6 Å². The lowest BCUT2D eigenvalue weighted by Crippen LogP contribution is -2.71. The van der Waals surface area contributed by atoms with Crippen LogP contribution < -0.4 is 0 Å². The molecule has 27 heavy (non-hydrogen) atoms. The molecule has 4 rings (SSSR count). The highest BCUT2D eigenvalue weighted by Crippen LogP contribution is 2.72. The van der Waals surface area contributed by atoms with Crippen LogP contribution in [-0.4, -0.2) is 39.1 Å². The van der Waals surface area contributed by atoms with Gasteiger partial charge in [-0.15, -0.1) is 0 Å². The number of rotatable bonds is 2. The smallest absolute Gasteiger partial charge is 0.161 e. The van der Waals surface area contributed by atoms with E-state index < -0.39 is 39.9 Å². The lowest BCUT2D eigenvalue weighted by Gasteiger charge is -2.65. The molecular formula is C22H29FO3S. The quantitative estimate of drug-likeness (QED) is 0.630. The van der Waals surface area contributed by atoms with Gasteiger partial charge in [-0.3, -0.25) is 4.79 Å². The predicted molar refractivity (Wildman–Crippen MR) is 106 cm³/mol. The van der Waals surface area contributed by atoms with Crippen LogP contribution in [0.4, 0.5) is 4.39 Å². The molecule has 0 aromatic carbocycles. The average Bonchev–Trinajstić information content (AvgIpc) is 2.88. The van der Waals surface area contributed by atoms with Gasteiger partial charge in [0.25, 0.3) is 0 Å². The van der Waals surface area contributed by atoms with Gasteiger partial charge in [0, 0.05) is 22.0 Å². The van der Waals surface area contributed by atoms with E-state index in [1.807, 2.05) is 32.1 Å². The summed E-state index contributed by atoms with van der Waals surface area (Å²) >= 11 is 5.07. The summed E-state index contributed by atoms with van der Waals surface area (Å²) in [6.07, 6.45) is 7.19. The third-order valence-corrected chi connectivity index (χ3v) is 9.50. The summed E-state index contributed by atoms with van der Waals surface area (Å²) in [4.78, 5) is 12.4. The van der Waals surface area contributed by atoms with Crippen LogP contribution in [0.1, 0.15) is 46.0 Å². The Morgan fingerprint density at radius 1 is 1.41 bits per heavy atom. The van der Waals surface area contributed by atoms with E-state index in [4.69, 9.17) is 12.6 Å². The lowest BCUT2D eigenvalue weighted by atomic mass is 9.44. The molecule has 2 N–H and O–H groups in total. The van der Waals surface area contributed by atoms with E-state index in [2.05, 4.69) is 6.58 Å². The van der Waals surface area contributed by atoms with Gasteiger partial charge in [-0.1, -0.05) is 37.3 Å². The van der Waals surface area contributed by atoms with Crippen molar-refractivity contribution < 1.29 is 19.4 Å². The number of ketones is 1. The maximum Gasteiger partial charge on any atom is 0.161 e. The molecule has 3 saturated carbocycles. The van der Waals surface area contributed by atoms with Crippen LogP contribution in [0.15, 0.2) is 36.0 Å². The van der Waals surface area contributed by atoms with Crippen LogP contribution in [0.2, 0.25) is 0 Å². The molecule has 5 heteroatoms. The number of aliphatic hydroxyl groups is 2. The maximum atomic E-state index is 17.0. The van der Waals surface area contributed by atoms with Crippen molar-refractivity contribution in [2.45, 2.75) is 62.5 Å². The molecule has 0 bridgehead atoms. The monoisotopic (exact) mass is 392 g/mol. The van der Waals surface area contributed by atoms with Crippen molar-refractivity contribution in [2.75, 3.05) is 6.61 Å². The van der Waals surface area contributed by atoms with E-state index in [9.17, 15) is 15.0 Å². The zero-order chi connectivity index (χ0) is 19.8. The van der Waals surface area contributed by atoms with Crippen molar-refractivity contribution in [3.8, 4) is 0 Å². The van der Waals surface area contributed by atoms with Gasteiger partial charge in [0.1, 0.15) is 6.61 Å². The molecular weight excluding hydrogens is 363 g/mol. The Balaban J connectivity index is 1.84. The van der Waals surface area contributed by atoms with Gasteiger partial charge >= 0.3 is 0 Å². The Morgan fingerprint density at radius 3 is 2.78 bits per heavy atom. The number of hydrogen-bond donors (Lipinski definition) is 3. The highest BCUT2D eigenvalue weighted by molar-refractivity contribution is 7.82. The third kappa shape index (κ3) is 2.14. The van der Waals surface area contributed by atoms with E-state index in [1.54, 1.807) is 0 Å². The fourth-order valence-electron chi connectivity index (χ4n) is 6.88. The van der Waals surface area contributed by atoms with Crippen LogP contribution >= 0.6 is 12.6 Å². The first kappa shape index (κ1) is 19.4. The molecule has 0 amide bonds. The van der Waals surface area contributed by atoms with E-state index in [0.29, 0.717) is 19.3 Å². The number of thiol groups is 1. The minimum Gasteiger partial charge on any atom is -0.390 e. The summed E-state index contributed by atoms with van der Waals surface area (Å²) < 4.78 is 16.3. The largest absolute Gasteiger partial charge is 0.390 e. The molecule has 4 aliphatic carbocycles. The normalized spacial score (nSPS) is 51.3. The molecule has 148 valence electrons. The van der Waals surface area contributed by atoms with Gasteiger partial charge in [-0.25, -0.2) is 4.39 Å². The standard InChI is InChI=1S/C22H29FO3S/c1-13-6-8-19(2)14(10-13)4-5-17-21(27)9-7-15(16(25)12-24)20(21,3)11-18(26)22(17,19)23/h6,8,10,15,17-18,24,26-27H,1,4-5,7,9,11-12H2,2-3H3/t15?,17?,18?,19?,20?,21-,22+/m1/s1. The first-order valence-electron chi connectivity index (χ1n) is 9.87. The Labute approximate surface area is 165 Å². The molecule has 0 saturated heterocycles. The molecule has 0 heterocycles. The Bertz CT molecular complexity index is 776. The molecule has 0 aromatic rings. The zero-order valence-corrected chi connectivity index (χ0v) is 16.9. The van der Waals surface area contributed by atoms with Gasteiger partial charge in [0.2, 0.25) is 0 Å². The summed E-state index contributed by atoms with van der Waals surface area (Å²) in [6, 6.07) is 0. The lowest BCUT2D eigenvalue weighted by molar-refractivity contribution is -0.185. The number of hydrogen-bond acceptors (Lipinski definition) is 4. The maximum absolute atomic E-state index is 17.0. The van der Waals surface area contributed by atoms with E-state index >= 15 is 4.39 Å². The van der Waals surface area contributed by atoms with Gasteiger partial charge in [0.15, 0.2) is 11.5 Å². The average molecular weight is 393 g/mol. The van der Waals surface area contributed by atoms with Gasteiger partial charge < -0.3 is 10.2 Å². The summed E-state index contributed by atoms with van der Waals surface area (Å²) in [5.74, 6) is -1.06. The number of Topliss-reactive ketones (excluding diaryl/α,β-unsaturated/α-hetero) is 1. The SMILES string of the molecule is C=C1C=CC2(C)C(=C1)CCC1[C@]2(F)C(O)CC2(C)C(C(=O)CO)CC[C@@]12S. The second kappa shape index (κ2) is 5.80. The number of alkyl halides is 1. The second-order valence-corrected chi connectivity index (χ2v) is 10.2. The van der Waals surface area contributed by atoms with Crippen LogP contribution in [-0.2, 0) is 4.79 Å². The van der Waals surface area contributed by atoms with Gasteiger partial charge in [-0.2, -0.15) is 12.6 Å². The number of fused-ring (bicyclic) bond motifs is 5. The van der Waals surface area contributed by atoms with Crippen molar-refractivity contribution in [1.29, 1.82) is 0 Å². The Kier molecular flexibility index (Phi) is 4.17. The van der Waals surface area contributed by atoms with Crippen molar-refractivity contribution in [1.82, 2.24) is 0 Å². The highest BCUT2D eigenvalue weighted by Gasteiger charge is 2.75. The molecule has 3 nitrogen and oxygen atoms in total. The van der Waals surface area contributed by atoms with Crippen LogP contribution in [0.25, 0.3) is 0 Å². The number of aliphatic hydroxyl groups excluding tert-OH is 2. The van der Waals surface area contributed by atoms with Crippen molar-refractivity contribution in [3.63, 3.8) is 0 Å². The molecule has 0 aliphatic heterocycles. The molecule has 3 fully saturated rings. The predicted octanol–water partition coefficient (Wildman–Crippen LogP) is 3.57. The molecule has 4 aliphatic rings. The topological polar surface area (TPSA) is 57.5 Å². The number of carbonyl (C=O) groups excluding carboxylic acids is 1. The van der Waals surface area contributed by atoms with Crippen molar-refractivity contribution >= 4 is 18.4 Å². The summed E-state index contributed by atoms with van der Waals surface area (Å²) in [6.45, 7) is 7.30. The zero-order valence-electron chi connectivity index (χ0n) is 16.0. The van der Waals surface area contributed by atoms with Gasteiger partial charge in [0.05, 0.1) is 6.10 Å². The summed E-state index contributed by atoms with van der Waals surface area (Å²) in [7, 11) is 0. The van der Waals surface area contributed by atoms with Gasteiger partial charge in [-0.05, 0) is 50.0 Å². The second-order valence-electron chi connectivity index (χ2n) is 9.42. The first-order chi connectivity index (χ1) is 12.5. The third-order valence-electron chi connectivity index (χ3n) is 8.46. The fourth-order valence-corrected chi connectivity index (χ4v) is 7.58. The molecule has 5 unspecified atom stereocenters. The first-order valence-corrected chi connectivity index (χ1v) is 10.3. The summed E-state index contributed by atoms with van der Waals surface area (Å²) in [5.41, 5.74) is -1.53. The Morgan fingerprint density at radius 2 is 2.11 bits per heavy atom. The van der Waals surface area contributed by atoms with Crippen LogP contribution in [0, 0.1) is 22.7 Å². The molecule has 0 aromatic heterocycles. The fraction of sp³-hybridized carbons (Fsp3) is 0.682. The molecule has 0 spiro atoms. The summed E-state index contributed by atoms with van der Waals surface area (Å²) in [5, 5.41) is 20.6. The van der Waals surface area contributed by atoms with Crippen LogP contribution in [0.5, 0.6) is 0 Å². The molecule has 7 atom stereocenters. The van der Waals surface area contributed by atoms with Crippen molar-refractivity contribution in [2.24, 2.45) is 22.7 Å². The van der Waals surface area contributed by atoms with E-state index in [1.165, 1.54) is 0 Å². The molecule has 0 radical (unpaired) electrons. The minimum atomic E-state index is -1.84. The number of carbonyl (C=O) groups is 1. The van der Waals surface area contributed by atoms with Crippen molar-refractivity contribution in [3.05, 3.63) is 36.0 Å². The van der Waals surface area contributed by atoms with Crippen LogP contribution in [0.3, 0.4) is 0 Å². The highest BCUT2D eigenvalue weighted by atomic mass is 32.1. The minimum absolute atomic E-state index is 0.178. The number of halogens is 1. The Hall–Kier alpha value is -0.910. The number of allylic oxidation sites excluding steroid dienone is 5.